The molecule has 0 aromatic heterocycles. The summed E-state index contributed by atoms with van der Waals surface area (Å²) in [6.45, 7) is 0. The van der Waals surface area contributed by atoms with Gasteiger partial charge in [0.1, 0.15) is 5.56 Å². The van der Waals surface area contributed by atoms with E-state index in [2.05, 4.69) is 25.4 Å². The van der Waals surface area contributed by atoms with E-state index in [-0.39, 0.29) is 10.0 Å². The molecule has 0 heterocycles. The van der Waals surface area contributed by atoms with Crippen LogP contribution in [0.15, 0.2) is 16.6 Å². The molecule has 0 aliphatic carbocycles. The number of nitrogens with two attached hydrogens (primary N) is 1. The fraction of sp³-hybridized carbons (Fsp3) is 0.222. The van der Waals surface area contributed by atoms with Crippen molar-refractivity contribution in [1.82, 2.24) is 0 Å². The van der Waals surface area contributed by atoms with Gasteiger partial charge in [0.05, 0.1) is 12.8 Å². The minimum absolute atomic E-state index is 0.214. The van der Waals surface area contributed by atoms with E-state index >= 15 is 0 Å². The van der Waals surface area contributed by atoms with Crippen molar-refractivity contribution in [3.05, 3.63) is 22.2 Å². The van der Waals surface area contributed by atoms with Crippen molar-refractivity contribution < 1.29 is 27.4 Å². The zero-order valence-corrected chi connectivity index (χ0v) is 10.1. The van der Waals surface area contributed by atoms with Gasteiger partial charge in [-0.25, -0.2) is 4.79 Å². The smallest absolute Gasteiger partial charge is 0.465 e. The predicted molar refractivity (Wildman–Crippen MR) is 56.6 cm³/mol. The lowest BCUT2D eigenvalue weighted by Gasteiger charge is -2.14. The number of carbonyl (C=O) groups excluding carboxylic acids is 1. The Bertz CT molecular complexity index is 448. The van der Waals surface area contributed by atoms with E-state index < -0.39 is 23.8 Å². The standard InChI is InChI=1S/C9H7BrF3NO3/c1-16-8(15)6-4(10)2-3-5(7(6)14)17-9(11,12)13/h2-3H,14H2,1H3. The molecule has 17 heavy (non-hydrogen) atoms. The second-order valence-corrected chi connectivity index (χ2v) is 3.73. The minimum Gasteiger partial charge on any atom is -0.465 e. The number of methoxy groups -OCH3 is 1. The topological polar surface area (TPSA) is 61.5 Å². The summed E-state index contributed by atoms with van der Waals surface area (Å²) in [6, 6.07) is 2.21. The summed E-state index contributed by atoms with van der Waals surface area (Å²) in [5, 5.41) is 0. The number of nitrogen functional groups attached to an aromatic ring is 1. The van der Waals surface area contributed by atoms with Gasteiger partial charge in [0.2, 0.25) is 0 Å². The number of alkyl halides is 3. The van der Waals surface area contributed by atoms with Gasteiger partial charge >= 0.3 is 12.3 Å². The monoisotopic (exact) mass is 313 g/mol. The molecular formula is C9H7BrF3NO3. The summed E-state index contributed by atoms with van der Waals surface area (Å²) in [5.74, 6) is -1.51. The average molecular weight is 314 g/mol. The average Bonchev–Trinajstić information content (AvgIpc) is 2.20. The van der Waals surface area contributed by atoms with Gasteiger partial charge in [-0.15, -0.1) is 13.2 Å². The van der Waals surface area contributed by atoms with Crippen LogP contribution in [0, 0.1) is 0 Å². The largest absolute Gasteiger partial charge is 0.573 e. The highest BCUT2D eigenvalue weighted by molar-refractivity contribution is 9.10. The number of halogens is 4. The lowest BCUT2D eigenvalue weighted by Crippen LogP contribution is -2.19. The molecule has 0 atom stereocenters. The fourth-order valence-corrected chi connectivity index (χ4v) is 1.60. The Balaban J connectivity index is 3.24. The maximum absolute atomic E-state index is 12.0. The molecule has 4 nitrogen and oxygen atoms in total. The third-order valence-corrected chi connectivity index (χ3v) is 2.43. The number of esters is 1. The summed E-state index contributed by atoms with van der Waals surface area (Å²) < 4.78 is 44.4. The number of hydrogen-bond acceptors (Lipinski definition) is 4. The number of benzene rings is 1. The molecule has 0 radical (unpaired) electrons. The normalized spacial score (nSPS) is 11.1. The molecule has 0 saturated carbocycles. The molecule has 8 heteroatoms. The summed E-state index contributed by atoms with van der Waals surface area (Å²) in [5.41, 5.74) is 4.76. The SMILES string of the molecule is COC(=O)c1c(Br)ccc(OC(F)(F)F)c1N. The lowest BCUT2D eigenvalue weighted by molar-refractivity contribution is -0.274. The van der Waals surface area contributed by atoms with Gasteiger partial charge < -0.3 is 15.2 Å². The van der Waals surface area contributed by atoms with Crippen molar-refractivity contribution in [3.8, 4) is 5.75 Å². The van der Waals surface area contributed by atoms with Crippen LogP contribution in [0.25, 0.3) is 0 Å². The second-order valence-electron chi connectivity index (χ2n) is 2.87. The molecule has 0 bridgehead atoms. The van der Waals surface area contributed by atoms with Gasteiger partial charge in [-0.05, 0) is 28.1 Å². The first kappa shape index (κ1) is 13.6. The van der Waals surface area contributed by atoms with E-state index in [0.29, 0.717) is 0 Å². The van der Waals surface area contributed by atoms with Gasteiger partial charge in [0, 0.05) is 4.47 Å². The zero-order valence-electron chi connectivity index (χ0n) is 8.47. The number of hydrogen-bond donors (Lipinski definition) is 1. The Hall–Kier alpha value is -1.44. The Morgan fingerprint density at radius 3 is 2.47 bits per heavy atom. The minimum atomic E-state index is -4.88. The lowest BCUT2D eigenvalue weighted by atomic mass is 10.1. The van der Waals surface area contributed by atoms with Crippen molar-refractivity contribution in [2.45, 2.75) is 6.36 Å². The molecule has 0 fully saturated rings. The van der Waals surface area contributed by atoms with Crippen molar-refractivity contribution in [2.24, 2.45) is 0 Å². The van der Waals surface area contributed by atoms with Crippen LogP contribution in [0.1, 0.15) is 10.4 Å². The third-order valence-electron chi connectivity index (χ3n) is 1.77. The molecule has 2 N–H and O–H groups in total. The number of ether oxygens (including phenoxy) is 2. The Morgan fingerprint density at radius 1 is 1.41 bits per heavy atom. The molecule has 0 unspecified atom stereocenters. The maximum atomic E-state index is 12.0. The van der Waals surface area contributed by atoms with E-state index in [1.807, 2.05) is 0 Å². The van der Waals surface area contributed by atoms with Crippen LogP contribution in [-0.4, -0.2) is 19.4 Å². The van der Waals surface area contributed by atoms with E-state index in [0.717, 1.165) is 13.2 Å². The van der Waals surface area contributed by atoms with Crippen molar-refractivity contribution in [3.63, 3.8) is 0 Å². The highest BCUT2D eigenvalue weighted by Crippen LogP contribution is 2.35. The molecule has 0 aliphatic heterocycles. The van der Waals surface area contributed by atoms with Crippen LogP contribution in [0.3, 0.4) is 0 Å². The summed E-state index contributed by atoms with van der Waals surface area (Å²) in [7, 11) is 1.09. The molecule has 0 amide bonds. The van der Waals surface area contributed by atoms with E-state index in [1.165, 1.54) is 6.07 Å². The molecule has 0 aliphatic rings. The van der Waals surface area contributed by atoms with Gasteiger partial charge in [0.15, 0.2) is 5.75 Å². The highest BCUT2D eigenvalue weighted by atomic mass is 79.9. The first-order valence-corrected chi connectivity index (χ1v) is 4.97. The molecule has 1 aromatic carbocycles. The zero-order chi connectivity index (χ0) is 13.2. The second kappa shape index (κ2) is 4.82. The van der Waals surface area contributed by atoms with Crippen molar-refractivity contribution >= 4 is 27.6 Å². The van der Waals surface area contributed by atoms with Crippen LogP contribution in [0.2, 0.25) is 0 Å². The first-order chi connectivity index (χ1) is 7.76. The molecule has 1 rings (SSSR count). The molecule has 1 aromatic rings. The number of rotatable bonds is 2. The van der Waals surface area contributed by atoms with Gasteiger partial charge in [-0.1, -0.05) is 0 Å². The first-order valence-electron chi connectivity index (χ1n) is 4.18. The molecule has 94 valence electrons. The summed E-state index contributed by atoms with van der Waals surface area (Å²) in [4.78, 5) is 11.3. The van der Waals surface area contributed by atoms with E-state index in [9.17, 15) is 18.0 Å². The van der Waals surface area contributed by atoms with Gasteiger partial charge in [0.25, 0.3) is 0 Å². The molecular weight excluding hydrogens is 307 g/mol. The number of anilines is 1. The van der Waals surface area contributed by atoms with Crippen LogP contribution in [0.4, 0.5) is 18.9 Å². The van der Waals surface area contributed by atoms with Crippen LogP contribution in [-0.2, 0) is 4.74 Å². The molecule has 0 saturated heterocycles. The highest BCUT2D eigenvalue weighted by Gasteiger charge is 2.33. The van der Waals surface area contributed by atoms with Crippen molar-refractivity contribution in [2.75, 3.05) is 12.8 Å². The fourth-order valence-electron chi connectivity index (χ4n) is 1.10. The molecule has 0 spiro atoms. The number of carbonyl (C=O) groups is 1. The van der Waals surface area contributed by atoms with Gasteiger partial charge in [-0.3, -0.25) is 0 Å². The Labute approximate surface area is 103 Å². The third kappa shape index (κ3) is 3.26. The van der Waals surface area contributed by atoms with Crippen molar-refractivity contribution in [1.29, 1.82) is 0 Å². The van der Waals surface area contributed by atoms with Crippen LogP contribution in [0.5, 0.6) is 5.75 Å². The quantitative estimate of drug-likeness (QED) is 0.673. The van der Waals surface area contributed by atoms with E-state index in [1.54, 1.807) is 0 Å². The van der Waals surface area contributed by atoms with Gasteiger partial charge in [-0.2, -0.15) is 0 Å². The maximum Gasteiger partial charge on any atom is 0.573 e. The summed E-state index contributed by atoms with van der Waals surface area (Å²) in [6.07, 6.45) is -4.88. The Kier molecular flexibility index (Phi) is 3.87. The van der Waals surface area contributed by atoms with Crippen LogP contribution < -0.4 is 10.5 Å². The van der Waals surface area contributed by atoms with Crippen LogP contribution >= 0.6 is 15.9 Å². The predicted octanol–water partition coefficient (Wildman–Crippen LogP) is 2.72. The summed E-state index contributed by atoms with van der Waals surface area (Å²) >= 11 is 2.98. The Morgan fingerprint density at radius 2 is 2.00 bits per heavy atom. The van der Waals surface area contributed by atoms with E-state index in [4.69, 9.17) is 5.73 Å².